The van der Waals surface area contributed by atoms with Gasteiger partial charge in [0.05, 0.1) is 27.5 Å². The summed E-state index contributed by atoms with van der Waals surface area (Å²) >= 11 is 0. The van der Waals surface area contributed by atoms with Gasteiger partial charge < -0.3 is 13.9 Å². The number of aryl methyl sites for hydroxylation is 1. The van der Waals surface area contributed by atoms with Crippen LogP contribution in [0.3, 0.4) is 0 Å². The van der Waals surface area contributed by atoms with Crippen LogP contribution >= 0.6 is 0 Å². The van der Waals surface area contributed by atoms with Gasteiger partial charge in [-0.2, -0.15) is 0 Å². The molecule has 0 amide bonds. The number of aromatic nitrogens is 1. The second-order valence-corrected chi connectivity index (χ2v) is 17.1. The van der Waals surface area contributed by atoms with Crippen molar-refractivity contribution in [2.45, 2.75) is 18.3 Å². The topological polar surface area (TPSA) is 21.3 Å². The first-order valence-corrected chi connectivity index (χ1v) is 22.3. The minimum absolute atomic E-state index is 0.519. The van der Waals surface area contributed by atoms with Gasteiger partial charge >= 0.3 is 0 Å². The van der Waals surface area contributed by atoms with Gasteiger partial charge in [0, 0.05) is 39.8 Å². The highest BCUT2D eigenvalue weighted by atomic mass is 16.3. The third-order valence-electron chi connectivity index (χ3n) is 13.7. The van der Waals surface area contributed by atoms with Gasteiger partial charge in [0.2, 0.25) is 0 Å². The molecule has 13 rings (SSSR count). The third-order valence-corrected chi connectivity index (χ3v) is 13.7. The zero-order chi connectivity index (χ0) is 42.2. The lowest BCUT2D eigenvalue weighted by Crippen LogP contribution is -2.28. The van der Waals surface area contributed by atoms with E-state index in [1.807, 2.05) is 0 Å². The van der Waals surface area contributed by atoms with E-state index in [0.717, 1.165) is 57.9 Å². The summed E-state index contributed by atoms with van der Waals surface area (Å²) < 4.78 is 8.97. The van der Waals surface area contributed by atoms with Gasteiger partial charge in [-0.25, -0.2) is 0 Å². The predicted molar refractivity (Wildman–Crippen MR) is 265 cm³/mol. The minimum atomic E-state index is -0.519. The second kappa shape index (κ2) is 14.5. The smallest absolute Gasteiger partial charge is 0.137 e. The van der Waals surface area contributed by atoms with Crippen LogP contribution in [0.15, 0.2) is 229 Å². The highest BCUT2D eigenvalue weighted by molar-refractivity contribution is 6.09. The van der Waals surface area contributed by atoms with E-state index in [1.54, 1.807) is 0 Å². The van der Waals surface area contributed by atoms with E-state index in [-0.39, 0.29) is 0 Å². The van der Waals surface area contributed by atoms with E-state index < -0.39 is 5.41 Å². The molecular formula is C61H42N2O. The normalized spacial score (nSPS) is 13.6. The van der Waals surface area contributed by atoms with Crippen molar-refractivity contribution in [2.75, 3.05) is 4.90 Å². The summed E-state index contributed by atoms with van der Waals surface area (Å²) in [5.74, 6) is 1.06. The lowest BCUT2D eigenvalue weighted by Gasteiger charge is -2.35. The fourth-order valence-electron chi connectivity index (χ4n) is 11.0. The second-order valence-electron chi connectivity index (χ2n) is 17.1. The average molecular weight is 819 g/mol. The number of anilines is 3. The van der Waals surface area contributed by atoms with Crippen molar-refractivity contribution >= 4 is 55.9 Å². The van der Waals surface area contributed by atoms with Crippen molar-refractivity contribution < 1.29 is 4.42 Å². The van der Waals surface area contributed by atoms with Crippen LogP contribution in [0, 0.1) is 0 Å². The Labute approximate surface area is 372 Å². The molecule has 0 fully saturated rings. The SMILES string of the molecule is C1=Cc2c(oc3cccc(N(c4ccc(-c5ccc(-n6c7ccccc7c7ccccc76)cc5)cc4)c4ccc5c(c4)C(c4ccccc4)(c4ccccc4)c4ccccc4-5)c23)CC1. The van der Waals surface area contributed by atoms with E-state index in [9.17, 15) is 0 Å². The molecule has 302 valence electrons. The molecule has 3 heteroatoms. The monoisotopic (exact) mass is 818 g/mol. The molecule has 0 spiro atoms. The Balaban J connectivity index is 0.975. The average Bonchev–Trinajstić information content (AvgIpc) is 4.02. The quantitative estimate of drug-likeness (QED) is 0.160. The van der Waals surface area contributed by atoms with E-state index >= 15 is 0 Å². The predicted octanol–water partition coefficient (Wildman–Crippen LogP) is 16.0. The number of rotatable bonds is 7. The molecule has 0 atom stereocenters. The van der Waals surface area contributed by atoms with Crippen LogP contribution in [0.1, 0.15) is 40.0 Å². The number of hydrogen-bond acceptors (Lipinski definition) is 2. The number of nitrogens with zero attached hydrogens (tertiary/aromatic N) is 2. The summed E-state index contributed by atoms with van der Waals surface area (Å²) in [5, 5.41) is 3.67. The van der Waals surface area contributed by atoms with Crippen LogP contribution in [-0.2, 0) is 11.8 Å². The van der Waals surface area contributed by atoms with Crippen molar-refractivity contribution in [1.29, 1.82) is 0 Å². The fourth-order valence-corrected chi connectivity index (χ4v) is 11.0. The van der Waals surface area contributed by atoms with Gasteiger partial charge in [0.25, 0.3) is 0 Å². The minimum Gasteiger partial charge on any atom is -0.460 e. The summed E-state index contributed by atoms with van der Waals surface area (Å²) in [7, 11) is 0. The number of allylic oxidation sites excluding steroid dienone is 1. The van der Waals surface area contributed by atoms with Gasteiger partial charge in [-0.3, -0.25) is 0 Å². The summed E-state index contributed by atoms with van der Waals surface area (Å²) in [6, 6.07) is 80.2. The Hall–Kier alpha value is -8.14. The molecule has 0 saturated carbocycles. The van der Waals surface area contributed by atoms with Crippen molar-refractivity contribution in [1.82, 2.24) is 4.57 Å². The first-order chi connectivity index (χ1) is 31.8. The maximum Gasteiger partial charge on any atom is 0.137 e. The summed E-state index contributed by atoms with van der Waals surface area (Å²) in [6.07, 6.45) is 6.42. The van der Waals surface area contributed by atoms with Crippen LogP contribution in [0.25, 0.3) is 66.8 Å². The molecule has 0 unspecified atom stereocenters. The molecule has 64 heavy (non-hydrogen) atoms. The van der Waals surface area contributed by atoms with E-state index in [4.69, 9.17) is 4.42 Å². The molecule has 9 aromatic carbocycles. The Morgan fingerprint density at radius 3 is 1.78 bits per heavy atom. The third kappa shape index (κ3) is 5.41. The highest BCUT2D eigenvalue weighted by Crippen LogP contribution is 2.57. The number of para-hydroxylation sites is 2. The van der Waals surface area contributed by atoms with E-state index in [1.165, 1.54) is 66.3 Å². The summed E-state index contributed by atoms with van der Waals surface area (Å²) in [4.78, 5) is 2.44. The molecule has 11 aromatic rings. The van der Waals surface area contributed by atoms with Crippen molar-refractivity contribution in [3.05, 3.63) is 258 Å². The number of furan rings is 1. The fraction of sp³-hybridized carbons (Fsp3) is 0.0492. The molecule has 0 aliphatic heterocycles. The molecule has 0 N–H and O–H groups in total. The molecule has 0 bridgehead atoms. The van der Waals surface area contributed by atoms with Crippen molar-refractivity contribution in [3.8, 4) is 27.9 Å². The van der Waals surface area contributed by atoms with Gasteiger partial charge in [-0.1, -0.05) is 170 Å². The number of hydrogen-bond donors (Lipinski definition) is 0. The Morgan fingerprint density at radius 2 is 1.08 bits per heavy atom. The van der Waals surface area contributed by atoms with Crippen molar-refractivity contribution in [2.24, 2.45) is 0 Å². The lowest BCUT2D eigenvalue weighted by atomic mass is 9.67. The van der Waals surface area contributed by atoms with Gasteiger partial charge in [-0.15, -0.1) is 0 Å². The summed E-state index contributed by atoms with van der Waals surface area (Å²) in [6.45, 7) is 0. The van der Waals surface area contributed by atoms with Crippen LogP contribution in [0.2, 0.25) is 0 Å². The largest absolute Gasteiger partial charge is 0.460 e. The highest BCUT2D eigenvalue weighted by Gasteiger charge is 2.46. The summed E-state index contributed by atoms with van der Waals surface area (Å²) in [5.41, 5.74) is 18.4. The molecule has 2 heterocycles. The standard InChI is InChI=1S/C61H42N2O/c1-3-16-43(17-4-1)61(44-18-5-2-6-19-44)53-24-11-7-20-48(53)49-39-38-47(40-54(49)61)62(57-27-15-29-59-60(57)52-23-10-14-28-58(52)64-59)45-34-30-41(31-35-45)42-32-36-46(37-33-42)63-55-25-12-8-21-50(55)51-22-9-13-26-56(51)63/h1-13,15-27,29-40H,14,28H2. The van der Waals surface area contributed by atoms with E-state index in [2.05, 4.69) is 240 Å². The van der Waals surface area contributed by atoms with Gasteiger partial charge in [0.1, 0.15) is 11.3 Å². The maximum absolute atomic E-state index is 6.60. The first-order valence-electron chi connectivity index (χ1n) is 22.3. The zero-order valence-corrected chi connectivity index (χ0v) is 35.2. The van der Waals surface area contributed by atoms with Crippen molar-refractivity contribution in [3.63, 3.8) is 0 Å². The molecule has 2 aliphatic rings. The first kappa shape index (κ1) is 36.5. The number of benzene rings is 9. The maximum atomic E-state index is 6.60. The Bertz CT molecular complexity index is 3500. The Kier molecular flexibility index (Phi) is 8.26. The van der Waals surface area contributed by atoms with Gasteiger partial charge in [0.15, 0.2) is 0 Å². The van der Waals surface area contributed by atoms with Crippen LogP contribution in [0.5, 0.6) is 0 Å². The molecular weight excluding hydrogens is 777 g/mol. The number of fused-ring (bicyclic) bond motifs is 9. The van der Waals surface area contributed by atoms with Crippen LogP contribution in [-0.4, -0.2) is 4.57 Å². The van der Waals surface area contributed by atoms with Gasteiger partial charge in [-0.05, 0) is 112 Å². The molecule has 2 aromatic heterocycles. The molecule has 2 aliphatic carbocycles. The lowest BCUT2D eigenvalue weighted by molar-refractivity contribution is 0.546. The molecule has 3 nitrogen and oxygen atoms in total. The zero-order valence-electron chi connectivity index (χ0n) is 35.2. The Morgan fingerprint density at radius 1 is 0.484 bits per heavy atom. The van der Waals surface area contributed by atoms with Crippen LogP contribution < -0.4 is 4.90 Å². The molecule has 0 radical (unpaired) electrons. The van der Waals surface area contributed by atoms with E-state index in [0.29, 0.717) is 0 Å². The molecule has 0 saturated heterocycles. The van der Waals surface area contributed by atoms with Crippen LogP contribution in [0.4, 0.5) is 17.1 Å².